The normalized spacial score (nSPS) is 12.6. The second kappa shape index (κ2) is 9.63. The first kappa shape index (κ1) is 23.2. The number of halogens is 3. The van der Waals surface area contributed by atoms with E-state index >= 15 is 0 Å². The first-order chi connectivity index (χ1) is 13.5. The molecule has 2 amide bonds. The van der Waals surface area contributed by atoms with Crippen molar-refractivity contribution >= 4 is 48.8 Å². The number of hydroxylamine groups is 1. The van der Waals surface area contributed by atoms with Gasteiger partial charge in [0.05, 0.1) is 0 Å². The molecule has 1 N–H and O–H groups in total. The summed E-state index contributed by atoms with van der Waals surface area (Å²) in [6, 6.07) is 5.56. The number of benzene rings is 1. The fourth-order valence-electron chi connectivity index (χ4n) is 2.01. The third-order valence-corrected chi connectivity index (χ3v) is 10.2. The van der Waals surface area contributed by atoms with Crippen LogP contribution >= 0.6 is 11.3 Å². The monoisotopic (exact) mass is 491 g/mol. The number of aromatic nitrogens is 1. The minimum absolute atomic E-state index is 0.145. The predicted octanol–water partition coefficient (Wildman–Crippen LogP) is 5.13. The van der Waals surface area contributed by atoms with Crippen molar-refractivity contribution in [3.8, 4) is 0 Å². The van der Waals surface area contributed by atoms with E-state index in [1.807, 2.05) is 6.92 Å². The summed E-state index contributed by atoms with van der Waals surface area (Å²) in [4.78, 5) is 32.4. The van der Waals surface area contributed by atoms with Crippen LogP contribution in [0.25, 0.3) is 0 Å². The van der Waals surface area contributed by atoms with Crippen LogP contribution in [0.5, 0.6) is 0 Å². The number of urea groups is 1. The molecule has 0 fully saturated rings. The molecule has 2 rings (SSSR count). The zero-order valence-electron chi connectivity index (χ0n) is 16.3. The third-order valence-electron chi connectivity index (χ3n) is 3.90. The molecule has 0 aliphatic carbocycles. The number of carbonyl (C=O) groups is 2. The van der Waals surface area contributed by atoms with Gasteiger partial charge in [-0.15, -0.1) is 0 Å². The first-order valence-corrected chi connectivity index (χ1v) is 13.8. The molecule has 1 heterocycles. The van der Waals surface area contributed by atoms with Gasteiger partial charge in [-0.25, -0.2) is 0 Å². The van der Waals surface area contributed by atoms with Crippen LogP contribution in [0.1, 0.15) is 25.1 Å². The van der Waals surface area contributed by atoms with Crippen LogP contribution in [0, 0.1) is 6.92 Å². The summed E-state index contributed by atoms with van der Waals surface area (Å²) in [6.07, 6.45) is -5.25. The molecule has 29 heavy (non-hydrogen) atoms. The molecule has 0 saturated carbocycles. The molecule has 0 saturated heterocycles. The second-order valence-corrected chi connectivity index (χ2v) is 13.4. The van der Waals surface area contributed by atoms with Crippen molar-refractivity contribution in [2.75, 3.05) is 10.4 Å². The van der Waals surface area contributed by atoms with Gasteiger partial charge in [-0.1, -0.05) is 0 Å². The fourth-order valence-corrected chi connectivity index (χ4v) is 5.22. The van der Waals surface area contributed by atoms with Crippen molar-refractivity contribution < 1.29 is 27.6 Å². The molecule has 0 radical (unpaired) electrons. The first-order valence-electron chi connectivity index (χ1n) is 8.59. The Labute approximate surface area is 175 Å². The summed E-state index contributed by atoms with van der Waals surface area (Å²) in [6.45, 7) is 6.07. The van der Waals surface area contributed by atoms with Crippen LogP contribution in [-0.2, 0) is 14.8 Å². The van der Waals surface area contributed by atoms with Crippen LogP contribution < -0.4 is 10.4 Å². The number of amides is 2. The van der Waals surface area contributed by atoms with Gasteiger partial charge in [0.25, 0.3) is 0 Å². The van der Waals surface area contributed by atoms with Crippen molar-refractivity contribution in [3.63, 3.8) is 0 Å². The van der Waals surface area contributed by atoms with E-state index in [0.29, 0.717) is 16.1 Å². The molecule has 11 heteroatoms. The second-order valence-electron chi connectivity index (χ2n) is 6.60. The average Bonchev–Trinajstić information content (AvgIpc) is 3.08. The van der Waals surface area contributed by atoms with Gasteiger partial charge >= 0.3 is 175 Å². The molecule has 2 aromatic rings. The standard InChI is InChI=1S/C18H21AsF3N3O3S/c1-11(2)19(4)9-14-10-29-17(24-14)25(28-15(26)18(20,21)22)16(27)23-13-7-5-12(3)6-8-13/h5-8,10-11H,9H2,1-4H3,(H,23,27). The molecule has 0 aliphatic heterocycles. The zero-order chi connectivity index (χ0) is 21.8. The molecule has 1 aromatic carbocycles. The number of nitrogens with zero attached hydrogens (tertiary/aromatic N) is 2. The Bertz CT molecular complexity index is 856. The summed E-state index contributed by atoms with van der Waals surface area (Å²) in [5.74, 6) is -2.50. The molecule has 158 valence electrons. The summed E-state index contributed by atoms with van der Waals surface area (Å²) in [7, 11) is 0. The quantitative estimate of drug-likeness (QED) is 0.465. The predicted molar refractivity (Wildman–Crippen MR) is 107 cm³/mol. The number of carbonyl (C=O) groups excluding carboxylic acids is 2. The van der Waals surface area contributed by atoms with Crippen LogP contribution in [0.3, 0.4) is 0 Å². The van der Waals surface area contributed by atoms with E-state index in [1.54, 1.807) is 29.6 Å². The number of alkyl halides is 3. The number of rotatable bonds is 5. The molecule has 1 atom stereocenters. The van der Waals surface area contributed by atoms with Crippen molar-refractivity contribution in [3.05, 3.63) is 40.9 Å². The molecule has 1 aromatic heterocycles. The molecule has 0 aliphatic rings. The Morgan fingerprint density at radius 2 is 1.90 bits per heavy atom. The summed E-state index contributed by atoms with van der Waals surface area (Å²) in [5.41, 5.74) is 4.11. The Balaban J connectivity index is 2.25. The molecule has 6 nitrogen and oxygen atoms in total. The topological polar surface area (TPSA) is 71.5 Å². The average molecular weight is 491 g/mol. The van der Waals surface area contributed by atoms with Crippen LogP contribution in [0.15, 0.2) is 29.6 Å². The number of anilines is 2. The van der Waals surface area contributed by atoms with Gasteiger partial charge in [0.2, 0.25) is 0 Å². The number of nitrogens with one attached hydrogen (secondary N) is 1. The summed E-state index contributed by atoms with van der Waals surface area (Å²) >= 11 is -0.257. The maximum absolute atomic E-state index is 12.7. The van der Waals surface area contributed by atoms with Crippen LogP contribution in [0.4, 0.5) is 28.8 Å². The SMILES string of the molecule is Cc1ccc(NC(=O)N(OC(=O)C(F)(F)F)c2nc(C[As](C)C(C)C)cs2)cc1. The molecular formula is C18H21AsF3N3O3S. The number of aryl methyl sites for hydroxylation is 1. The van der Waals surface area contributed by atoms with E-state index < -0.39 is 32.8 Å². The minimum atomic E-state index is -5.25. The van der Waals surface area contributed by atoms with E-state index in [1.165, 1.54) is 0 Å². The molecule has 1 unspecified atom stereocenters. The fraction of sp³-hybridized carbons (Fsp3) is 0.389. The Kier molecular flexibility index (Phi) is 7.71. The van der Waals surface area contributed by atoms with Crippen molar-refractivity contribution in [2.24, 2.45) is 0 Å². The summed E-state index contributed by atoms with van der Waals surface area (Å²) in [5, 5.41) is 4.91. The third kappa shape index (κ3) is 6.75. The number of hydrogen-bond acceptors (Lipinski definition) is 5. The van der Waals surface area contributed by atoms with Crippen LogP contribution in [-0.4, -0.2) is 37.8 Å². The van der Waals surface area contributed by atoms with Crippen molar-refractivity contribution in [2.45, 2.75) is 42.6 Å². The van der Waals surface area contributed by atoms with E-state index in [4.69, 9.17) is 0 Å². The number of hydrogen-bond donors (Lipinski definition) is 1. The Morgan fingerprint density at radius 3 is 2.45 bits per heavy atom. The van der Waals surface area contributed by atoms with E-state index in [9.17, 15) is 22.8 Å². The van der Waals surface area contributed by atoms with Gasteiger partial charge in [0.1, 0.15) is 0 Å². The summed E-state index contributed by atoms with van der Waals surface area (Å²) < 4.78 is 38.6. The van der Waals surface area contributed by atoms with Gasteiger partial charge in [0, 0.05) is 0 Å². The van der Waals surface area contributed by atoms with Gasteiger partial charge < -0.3 is 0 Å². The zero-order valence-corrected chi connectivity index (χ0v) is 19.0. The van der Waals surface area contributed by atoms with E-state index in [-0.39, 0.29) is 10.2 Å². The van der Waals surface area contributed by atoms with Crippen molar-refractivity contribution in [1.82, 2.24) is 4.98 Å². The molecule has 0 spiro atoms. The maximum atomic E-state index is 12.7. The van der Waals surface area contributed by atoms with Crippen LogP contribution in [0.2, 0.25) is 10.4 Å². The Morgan fingerprint density at radius 1 is 1.28 bits per heavy atom. The Hall–Kier alpha value is -2.06. The molecule has 0 bridgehead atoms. The van der Waals surface area contributed by atoms with E-state index in [2.05, 4.69) is 34.7 Å². The van der Waals surface area contributed by atoms with E-state index in [0.717, 1.165) is 22.1 Å². The van der Waals surface area contributed by atoms with Gasteiger partial charge in [-0.05, 0) is 0 Å². The van der Waals surface area contributed by atoms with Gasteiger partial charge in [0.15, 0.2) is 0 Å². The van der Waals surface area contributed by atoms with Gasteiger partial charge in [-0.3, -0.25) is 0 Å². The van der Waals surface area contributed by atoms with Gasteiger partial charge in [-0.2, -0.15) is 0 Å². The van der Waals surface area contributed by atoms with Crippen molar-refractivity contribution in [1.29, 1.82) is 0 Å². The number of thiazole rings is 1. The molecular weight excluding hydrogens is 470 g/mol.